The first-order valence-electron chi connectivity index (χ1n) is 10.3. The molecule has 0 saturated heterocycles. The van der Waals surface area contributed by atoms with Gasteiger partial charge in [0.05, 0.1) is 29.4 Å². The van der Waals surface area contributed by atoms with Crippen LogP contribution in [-0.2, 0) is 0 Å². The maximum Gasteiger partial charge on any atom is 0.323 e. The number of hydrogen-bond acceptors (Lipinski definition) is 6. The molecule has 178 valence electrons. The maximum absolute atomic E-state index is 14.5. The van der Waals surface area contributed by atoms with E-state index < -0.39 is 29.3 Å². The maximum atomic E-state index is 14.5. The van der Waals surface area contributed by atoms with Gasteiger partial charge in [-0.3, -0.25) is 9.78 Å². The molecule has 2 amide bonds. The summed E-state index contributed by atoms with van der Waals surface area (Å²) >= 11 is 0. The molecule has 0 fully saturated rings. The molecule has 4 rings (SSSR count). The number of benzene rings is 3. The summed E-state index contributed by atoms with van der Waals surface area (Å²) < 4.78 is 40.9. The van der Waals surface area contributed by atoms with Gasteiger partial charge in [-0.25, -0.2) is 22.9 Å². The Morgan fingerprint density at radius 2 is 1.54 bits per heavy atom. The first kappa shape index (κ1) is 23.6. The predicted molar refractivity (Wildman–Crippen MR) is 124 cm³/mol. The van der Waals surface area contributed by atoms with Crippen LogP contribution in [0.15, 0.2) is 60.8 Å². The van der Waals surface area contributed by atoms with Crippen LogP contribution in [0.5, 0.6) is 0 Å². The molecule has 0 bridgehead atoms. The third kappa shape index (κ3) is 5.53. The molecule has 8 nitrogen and oxygen atoms in total. The number of nitrogens with one attached hydrogen (secondary N) is 3. The molecule has 35 heavy (non-hydrogen) atoms. The van der Waals surface area contributed by atoms with Gasteiger partial charge in [0.1, 0.15) is 11.6 Å². The normalized spacial score (nSPS) is 10.7. The lowest BCUT2D eigenvalue weighted by molar-refractivity contribution is 0.103. The van der Waals surface area contributed by atoms with Gasteiger partial charge in [0, 0.05) is 29.5 Å². The summed E-state index contributed by atoms with van der Waals surface area (Å²) in [7, 11) is 0. The second kappa shape index (κ2) is 10.2. The number of amides is 2. The molecule has 0 unspecified atom stereocenters. The average molecular weight is 481 g/mol. The predicted octanol–water partition coefficient (Wildman–Crippen LogP) is 4.33. The summed E-state index contributed by atoms with van der Waals surface area (Å²) in [5, 5.41) is 16.5. The number of carbonyl (C=O) groups is 2. The van der Waals surface area contributed by atoms with E-state index in [0.29, 0.717) is 16.9 Å². The molecule has 3 aromatic carbocycles. The lowest BCUT2D eigenvalue weighted by Crippen LogP contribution is -2.20. The number of aromatic nitrogens is 2. The molecule has 0 aliphatic carbocycles. The van der Waals surface area contributed by atoms with Crippen molar-refractivity contribution in [2.45, 2.75) is 0 Å². The molecule has 0 radical (unpaired) electrons. The third-order valence-electron chi connectivity index (χ3n) is 4.87. The minimum Gasteiger partial charge on any atom is -0.395 e. The van der Waals surface area contributed by atoms with E-state index in [4.69, 9.17) is 5.11 Å². The summed E-state index contributed by atoms with van der Waals surface area (Å²) in [4.78, 5) is 33.8. The second-order valence-electron chi connectivity index (χ2n) is 7.34. The number of halogens is 3. The number of fused-ring (bicyclic) bond motifs is 1. The average Bonchev–Trinajstić information content (AvgIpc) is 2.85. The molecular formula is C24H18F3N5O3. The Bertz CT molecular complexity index is 1430. The highest BCUT2D eigenvalue weighted by atomic mass is 19.2. The molecule has 1 aromatic heterocycles. The van der Waals surface area contributed by atoms with Gasteiger partial charge in [-0.2, -0.15) is 0 Å². The van der Waals surface area contributed by atoms with Gasteiger partial charge in [-0.15, -0.1) is 0 Å². The SMILES string of the molecule is O=C(Nc1ccc(F)c(F)c1)Nc1ccc(F)c(C(=O)c2ccc3ncc(NCCO)nc3c2)c1. The largest absolute Gasteiger partial charge is 0.395 e. The molecule has 0 spiro atoms. The van der Waals surface area contributed by atoms with E-state index in [1.54, 1.807) is 6.07 Å². The van der Waals surface area contributed by atoms with Gasteiger partial charge >= 0.3 is 6.03 Å². The van der Waals surface area contributed by atoms with Crippen LogP contribution < -0.4 is 16.0 Å². The van der Waals surface area contributed by atoms with Gasteiger partial charge in [0.15, 0.2) is 17.4 Å². The Labute approximate surface area is 196 Å². The van der Waals surface area contributed by atoms with Crippen molar-refractivity contribution in [2.75, 3.05) is 29.1 Å². The first-order chi connectivity index (χ1) is 16.8. The fourth-order valence-electron chi connectivity index (χ4n) is 3.22. The highest BCUT2D eigenvalue weighted by Crippen LogP contribution is 2.22. The lowest BCUT2D eigenvalue weighted by atomic mass is 10.0. The van der Waals surface area contributed by atoms with Crippen molar-refractivity contribution in [3.05, 3.63) is 89.4 Å². The monoisotopic (exact) mass is 481 g/mol. The Hall–Kier alpha value is -4.51. The Morgan fingerprint density at radius 3 is 2.26 bits per heavy atom. The third-order valence-corrected chi connectivity index (χ3v) is 4.87. The van der Waals surface area contributed by atoms with E-state index in [9.17, 15) is 22.8 Å². The van der Waals surface area contributed by atoms with Crippen LogP contribution in [0.4, 0.5) is 35.2 Å². The second-order valence-corrected chi connectivity index (χ2v) is 7.34. The topological polar surface area (TPSA) is 116 Å². The zero-order chi connectivity index (χ0) is 24.9. The number of aliphatic hydroxyl groups excluding tert-OH is 1. The van der Waals surface area contributed by atoms with Crippen molar-refractivity contribution >= 4 is 40.0 Å². The van der Waals surface area contributed by atoms with Gasteiger partial charge in [0.2, 0.25) is 0 Å². The standard InChI is InChI=1S/C24H18F3N5O3/c25-17-4-2-14(30-24(35)31-15-3-5-18(26)19(27)11-15)10-16(17)23(34)13-1-6-20-21(9-13)32-22(12-29-20)28-7-8-33/h1-6,9-12,33H,7-8H2,(H,28,32)(H2,30,31,35). The zero-order valence-corrected chi connectivity index (χ0v) is 18.0. The quantitative estimate of drug-likeness (QED) is 0.292. The van der Waals surface area contributed by atoms with E-state index in [0.717, 1.165) is 24.3 Å². The minimum absolute atomic E-state index is 0.00457. The van der Waals surface area contributed by atoms with Gasteiger partial charge in [-0.05, 0) is 48.5 Å². The highest BCUT2D eigenvalue weighted by Gasteiger charge is 2.17. The molecule has 0 aliphatic rings. The number of rotatable bonds is 7. The summed E-state index contributed by atoms with van der Waals surface area (Å²) in [5.41, 5.74) is 0.863. The van der Waals surface area contributed by atoms with Gasteiger partial charge in [-0.1, -0.05) is 0 Å². The van der Waals surface area contributed by atoms with Crippen molar-refractivity contribution in [1.82, 2.24) is 9.97 Å². The van der Waals surface area contributed by atoms with Crippen molar-refractivity contribution in [3.63, 3.8) is 0 Å². The smallest absolute Gasteiger partial charge is 0.323 e. The molecule has 0 atom stereocenters. The zero-order valence-electron chi connectivity index (χ0n) is 18.0. The van der Waals surface area contributed by atoms with Crippen molar-refractivity contribution in [1.29, 1.82) is 0 Å². The summed E-state index contributed by atoms with van der Waals surface area (Å²) in [6, 6.07) is 9.99. The van der Waals surface area contributed by atoms with Crippen LogP contribution in [0.2, 0.25) is 0 Å². The summed E-state index contributed by atoms with van der Waals surface area (Å²) in [6.07, 6.45) is 1.49. The fraction of sp³-hybridized carbons (Fsp3) is 0.0833. The van der Waals surface area contributed by atoms with E-state index >= 15 is 0 Å². The number of carbonyl (C=O) groups excluding carboxylic acids is 2. The number of urea groups is 1. The molecule has 11 heteroatoms. The van der Waals surface area contributed by atoms with Crippen LogP contribution >= 0.6 is 0 Å². The van der Waals surface area contributed by atoms with Crippen LogP contribution in [0.25, 0.3) is 11.0 Å². The van der Waals surface area contributed by atoms with Crippen molar-refractivity contribution in [3.8, 4) is 0 Å². The molecule has 0 aliphatic heterocycles. The molecule has 4 N–H and O–H groups in total. The summed E-state index contributed by atoms with van der Waals surface area (Å²) in [5.74, 6) is -3.24. The van der Waals surface area contributed by atoms with Crippen molar-refractivity contribution in [2.24, 2.45) is 0 Å². The molecule has 4 aromatic rings. The molecular weight excluding hydrogens is 463 g/mol. The summed E-state index contributed by atoms with van der Waals surface area (Å²) in [6.45, 7) is 0.175. The Kier molecular flexibility index (Phi) is 6.88. The number of hydrogen-bond donors (Lipinski definition) is 4. The number of ketones is 1. The van der Waals surface area contributed by atoms with Gasteiger partial charge in [0.25, 0.3) is 0 Å². The number of nitrogens with zero attached hydrogens (tertiary/aromatic N) is 2. The Balaban J connectivity index is 1.54. The number of aliphatic hydroxyl groups is 1. The first-order valence-corrected chi connectivity index (χ1v) is 10.3. The molecule has 0 saturated carbocycles. The van der Waals surface area contributed by atoms with E-state index in [-0.39, 0.29) is 35.7 Å². The van der Waals surface area contributed by atoms with Gasteiger partial charge < -0.3 is 21.1 Å². The Morgan fingerprint density at radius 1 is 0.829 bits per heavy atom. The van der Waals surface area contributed by atoms with Crippen LogP contribution in [-0.4, -0.2) is 40.0 Å². The molecule has 1 heterocycles. The van der Waals surface area contributed by atoms with Crippen LogP contribution in [0.1, 0.15) is 15.9 Å². The minimum atomic E-state index is -1.13. The lowest BCUT2D eigenvalue weighted by Gasteiger charge is -2.10. The van der Waals surface area contributed by atoms with E-state index in [2.05, 4.69) is 25.9 Å². The van der Waals surface area contributed by atoms with E-state index in [1.165, 1.54) is 30.5 Å². The van der Waals surface area contributed by atoms with E-state index in [1.807, 2.05) is 0 Å². The number of anilines is 3. The fourth-order valence-corrected chi connectivity index (χ4v) is 3.22. The van der Waals surface area contributed by atoms with Crippen molar-refractivity contribution < 1.29 is 27.9 Å². The highest BCUT2D eigenvalue weighted by molar-refractivity contribution is 6.11. The van der Waals surface area contributed by atoms with Crippen LogP contribution in [0.3, 0.4) is 0 Å². The van der Waals surface area contributed by atoms with Crippen LogP contribution in [0, 0.1) is 17.5 Å².